The van der Waals surface area contributed by atoms with Gasteiger partial charge in [0.05, 0.1) is 0 Å². The van der Waals surface area contributed by atoms with E-state index < -0.39 is 0 Å². The van der Waals surface area contributed by atoms with Crippen molar-refractivity contribution in [3.05, 3.63) is 30.6 Å². The molecule has 0 aliphatic rings. The van der Waals surface area contributed by atoms with Crippen LogP contribution >= 0.6 is 0 Å². The van der Waals surface area contributed by atoms with Crippen molar-refractivity contribution in [1.29, 1.82) is 0 Å². The third-order valence-corrected chi connectivity index (χ3v) is 3.38. The second-order valence-electron chi connectivity index (χ2n) is 5.27. The van der Waals surface area contributed by atoms with Crippen molar-refractivity contribution in [2.45, 2.75) is 19.8 Å². The molecule has 1 atom stereocenters. The van der Waals surface area contributed by atoms with Crippen LogP contribution in [-0.4, -0.2) is 27.2 Å². The molecule has 6 nitrogen and oxygen atoms in total. The fourth-order valence-electron chi connectivity index (χ4n) is 2.00. The Morgan fingerprint density at radius 2 is 2.29 bits per heavy atom. The summed E-state index contributed by atoms with van der Waals surface area (Å²) < 4.78 is 1.84. The molecular formula is C15H21N5O. The summed E-state index contributed by atoms with van der Waals surface area (Å²) in [5.74, 6) is 1.13. The van der Waals surface area contributed by atoms with Crippen molar-refractivity contribution in [2.24, 2.45) is 18.7 Å². The lowest BCUT2D eigenvalue weighted by Crippen LogP contribution is -2.16. The fraction of sp³-hybridized carbons (Fsp3) is 0.400. The molecule has 0 bridgehead atoms. The van der Waals surface area contributed by atoms with Crippen LogP contribution in [0.15, 0.2) is 30.6 Å². The van der Waals surface area contributed by atoms with E-state index in [0.717, 1.165) is 23.5 Å². The Balaban J connectivity index is 2.02. The average molecular weight is 287 g/mol. The molecule has 0 radical (unpaired) electrons. The zero-order chi connectivity index (χ0) is 15.2. The molecule has 0 spiro atoms. The van der Waals surface area contributed by atoms with Crippen LogP contribution in [0, 0.1) is 5.92 Å². The number of benzene rings is 1. The molecule has 2 rings (SSSR count). The van der Waals surface area contributed by atoms with E-state index in [1.807, 2.05) is 42.8 Å². The fourth-order valence-corrected chi connectivity index (χ4v) is 2.00. The van der Waals surface area contributed by atoms with E-state index in [1.165, 1.54) is 0 Å². The van der Waals surface area contributed by atoms with Crippen LogP contribution in [0.2, 0.25) is 0 Å². The molecule has 0 aliphatic heterocycles. The summed E-state index contributed by atoms with van der Waals surface area (Å²) in [6.07, 6.45) is 2.92. The number of rotatable bonds is 6. The van der Waals surface area contributed by atoms with Crippen molar-refractivity contribution in [1.82, 2.24) is 14.8 Å². The van der Waals surface area contributed by atoms with Gasteiger partial charge in [-0.05, 0) is 31.0 Å². The topological polar surface area (TPSA) is 85.8 Å². The first kappa shape index (κ1) is 15.2. The molecule has 1 unspecified atom stereocenters. The average Bonchev–Trinajstić information content (AvgIpc) is 2.91. The van der Waals surface area contributed by atoms with E-state index in [-0.39, 0.29) is 5.91 Å². The van der Waals surface area contributed by atoms with Crippen LogP contribution in [0.4, 0.5) is 5.69 Å². The number of carbonyl (C=O) groups is 1. The van der Waals surface area contributed by atoms with E-state index in [9.17, 15) is 4.79 Å². The molecule has 0 fully saturated rings. The normalized spacial score (nSPS) is 12.1. The van der Waals surface area contributed by atoms with Gasteiger partial charge in [-0.25, -0.2) is 0 Å². The first-order valence-corrected chi connectivity index (χ1v) is 7.04. The summed E-state index contributed by atoms with van der Waals surface area (Å²) in [5, 5.41) is 10.8. The maximum absolute atomic E-state index is 11.9. The van der Waals surface area contributed by atoms with E-state index >= 15 is 0 Å². The maximum Gasteiger partial charge on any atom is 0.224 e. The highest BCUT2D eigenvalue weighted by molar-refractivity contribution is 5.91. The highest BCUT2D eigenvalue weighted by Crippen LogP contribution is 2.20. The number of nitrogens with one attached hydrogen (secondary N) is 1. The number of aromatic nitrogens is 3. The predicted molar refractivity (Wildman–Crippen MR) is 82.5 cm³/mol. The number of anilines is 1. The molecule has 2 aromatic rings. The zero-order valence-electron chi connectivity index (χ0n) is 12.4. The van der Waals surface area contributed by atoms with Crippen LogP contribution in [-0.2, 0) is 11.8 Å². The van der Waals surface area contributed by atoms with E-state index in [2.05, 4.69) is 15.5 Å². The Kier molecular flexibility index (Phi) is 5.05. The summed E-state index contributed by atoms with van der Waals surface area (Å²) in [6.45, 7) is 2.65. The van der Waals surface area contributed by atoms with Crippen molar-refractivity contribution in [2.75, 3.05) is 11.9 Å². The van der Waals surface area contributed by atoms with Crippen molar-refractivity contribution in [3.63, 3.8) is 0 Å². The summed E-state index contributed by atoms with van der Waals surface area (Å²) >= 11 is 0. The van der Waals surface area contributed by atoms with Gasteiger partial charge in [0.2, 0.25) is 5.91 Å². The summed E-state index contributed by atoms with van der Waals surface area (Å²) in [4.78, 5) is 11.9. The Labute approximate surface area is 124 Å². The van der Waals surface area contributed by atoms with Gasteiger partial charge in [-0.2, -0.15) is 0 Å². The van der Waals surface area contributed by atoms with Gasteiger partial charge < -0.3 is 15.6 Å². The maximum atomic E-state index is 11.9. The second-order valence-corrected chi connectivity index (χ2v) is 5.27. The van der Waals surface area contributed by atoms with Gasteiger partial charge in [0.15, 0.2) is 5.82 Å². The lowest BCUT2D eigenvalue weighted by Gasteiger charge is -2.09. The van der Waals surface area contributed by atoms with Gasteiger partial charge in [-0.3, -0.25) is 4.79 Å². The molecule has 0 saturated heterocycles. The SMILES string of the molecule is CC(CN)CCC(=O)Nc1cccc(-c2nncn2C)c1. The van der Waals surface area contributed by atoms with E-state index in [1.54, 1.807) is 6.33 Å². The van der Waals surface area contributed by atoms with Gasteiger partial charge in [0.25, 0.3) is 0 Å². The van der Waals surface area contributed by atoms with Gasteiger partial charge in [0.1, 0.15) is 6.33 Å². The van der Waals surface area contributed by atoms with Gasteiger partial charge >= 0.3 is 0 Å². The quantitative estimate of drug-likeness (QED) is 0.848. The van der Waals surface area contributed by atoms with Gasteiger partial charge in [-0.15, -0.1) is 10.2 Å². The van der Waals surface area contributed by atoms with Crippen LogP contribution in [0.3, 0.4) is 0 Å². The minimum atomic E-state index is 0.00501. The number of hydrogen-bond acceptors (Lipinski definition) is 4. The molecule has 0 saturated carbocycles. The second kappa shape index (κ2) is 6.99. The molecule has 1 aromatic carbocycles. The number of amides is 1. The molecule has 3 N–H and O–H groups in total. The van der Waals surface area contributed by atoms with Crippen molar-refractivity contribution in [3.8, 4) is 11.4 Å². The standard InChI is InChI=1S/C15H21N5O/c1-11(9-16)6-7-14(21)18-13-5-3-4-12(8-13)15-19-17-10-20(15)2/h3-5,8,10-11H,6-7,9,16H2,1-2H3,(H,18,21). The zero-order valence-corrected chi connectivity index (χ0v) is 12.4. The smallest absolute Gasteiger partial charge is 0.224 e. The summed E-state index contributed by atoms with van der Waals surface area (Å²) in [7, 11) is 1.88. The van der Waals surface area contributed by atoms with Crippen LogP contribution in [0.25, 0.3) is 11.4 Å². The number of carbonyl (C=O) groups excluding carboxylic acids is 1. The molecule has 6 heteroatoms. The first-order chi connectivity index (χ1) is 10.1. The number of aryl methyl sites for hydroxylation is 1. The Hall–Kier alpha value is -2.21. The highest BCUT2D eigenvalue weighted by atomic mass is 16.1. The predicted octanol–water partition coefficient (Wildman–Crippen LogP) is 1.80. The molecule has 1 heterocycles. The lowest BCUT2D eigenvalue weighted by atomic mass is 10.1. The van der Waals surface area contributed by atoms with Gasteiger partial charge in [-0.1, -0.05) is 19.1 Å². The number of nitrogens with zero attached hydrogens (tertiary/aromatic N) is 3. The minimum absolute atomic E-state index is 0.00501. The molecule has 0 aliphatic carbocycles. The number of nitrogens with two attached hydrogens (primary N) is 1. The highest BCUT2D eigenvalue weighted by Gasteiger charge is 2.08. The Bertz CT molecular complexity index is 608. The lowest BCUT2D eigenvalue weighted by molar-refractivity contribution is -0.116. The molecule has 112 valence electrons. The van der Waals surface area contributed by atoms with Crippen LogP contribution in [0.1, 0.15) is 19.8 Å². The molecule has 1 amide bonds. The Morgan fingerprint density at radius 3 is 2.95 bits per heavy atom. The molecule has 1 aromatic heterocycles. The monoisotopic (exact) mass is 287 g/mol. The molecular weight excluding hydrogens is 266 g/mol. The van der Waals surface area contributed by atoms with Crippen molar-refractivity contribution < 1.29 is 4.79 Å². The third kappa shape index (κ3) is 4.13. The van der Waals surface area contributed by atoms with Crippen molar-refractivity contribution >= 4 is 11.6 Å². The summed E-state index contributed by atoms with van der Waals surface area (Å²) in [5.41, 5.74) is 7.24. The van der Waals surface area contributed by atoms with Gasteiger partial charge in [0, 0.05) is 24.7 Å². The third-order valence-electron chi connectivity index (χ3n) is 3.38. The van der Waals surface area contributed by atoms with Crippen LogP contribution < -0.4 is 11.1 Å². The van der Waals surface area contributed by atoms with E-state index in [0.29, 0.717) is 18.9 Å². The van der Waals surface area contributed by atoms with E-state index in [4.69, 9.17) is 5.73 Å². The molecule has 21 heavy (non-hydrogen) atoms. The Morgan fingerprint density at radius 1 is 1.48 bits per heavy atom. The van der Waals surface area contributed by atoms with Crippen LogP contribution in [0.5, 0.6) is 0 Å². The number of hydrogen-bond donors (Lipinski definition) is 2. The minimum Gasteiger partial charge on any atom is -0.330 e. The summed E-state index contributed by atoms with van der Waals surface area (Å²) in [6, 6.07) is 7.59. The largest absolute Gasteiger partial charge is 0.330 e. The first-order valence-electron chi connectivity index (χ1n) is 7.04.